The number of hydrogen-bond donors (Lipinski definition) is 1. The average molecular weight is 358 g/mol. The number of carbonyl (C=O) groups is 1. The van der Waals surface area contributed by atoms with Gasteiger partial charge >= 0.3 is 0 Å². The largest absolute Gasteiger partial charge is 0.454 e. The highest BCUT2D eigenvalue weighted by Crippen LogP contribution is 2.32. The van der Waals surface area contributed by atoms with Crippen LogP contribution in [0.5, 0.6) is 11.5 Å². The molecule has 3 rings (SSSR count). The van der Waals surface area contributed by atoms with Crippen molar-refractivity contribution in [1.82, 2.24) is 4.90 Å². The van der Waals surface area contributed by atoms with E-state index in [9.17, 15) is 4.79 Å². The highest BCUT2D eigenvalue weighted by molar-refractivity contribution is 7.98. The Kier molecular flexibility index (Phi) is 5.83. The van der Waals surface area contributed by atoms with E-state index in [4.69, 9.17) is 9.47 Å². The summed E-state index contributed by atoms with van der Waals surface area (Å²) in [5, 5.41) is 2.99. The molecule has 1 aliphatic heterocycles. The minimum absolute atomic E-state index is 0.0269. The fourth-order valence-electron chi connectivity index (χ4n) is 2.68. The molecule has 6 heteroatoms. The summed E-state index contributed by atoms with van der Waals surface area (Å²) >= 11 is 1.63. The van der Waals surface area contributed by atoms with Crippen molar-refractivity contribution in [2.75, 3.05) is 32.0 Å². The first-order chi connectivity index (χ1) is 12.2. The van der Waals surface area contributed by atoms with Crippen molar-refractivity contribution in [3.05, 3.63) is 48.0 Å². The van der Waals surface area contributed by atoms with Gasteiger partial charge in [0, 0.05) is 24.4 Å². The third kappa shape index (κ3) is 4.67. The van der Waals surface area contributed by atoms with Crippen molar-refractivity contribution in [2.45, 2.75) is 17.9 Å². The Labute approximate surface area is 152 Å². The Morgan fingerprint density at radius 3 is 2.84 bits per heavy atom. The monoisotopic (exact) mass is 358 g/mol. The lowest BCUT2D eigenvalue weighted by Crippen LogP contribution is -2.24. The second-order valence-corrected chi connectivity index (χ2v) is 6.77. The lowest BCUT2D eigenvalue weighted by molar-refractivity contribution is -0.116. The molecule has 5 nitrogen and oxygen atoms in total. The second-order valence-electron chi connectivity index (χ2n) is 5.92. The summed E-state index contributed by atoms with van der Waals surface area (Å²) in [4.78, 5) is 15.4. The van der Waals surface area contributed by atoms with Gasteiger partial charge in [-0.05, 0) is 43.1 Å². The van der Waals surface area contributed by atoms with Crippen LogP contribution in [-0.2, 0) is 11.3 Å². The van der Waals surface area contributed by atoms with Crippen LogP contribution in [0.3, 0.4) is 0 Å². The number of nitrogens with zero attached hydrogens (tertiary/aromatic N) is 1. The van der Waals surface area contributed by atoms with Crippen molar-refractivity contribution < 1.29 is 14.3 Å². The minimum atomic E-state index is 0.0269. The van der Waals surface area contributed by atoms with Gasteiger partial charge in [0.1, 0.15) is 0 Å². The van der Waals surface area contributed by atoms with Crippen LogP contribution in [0.15, 0.2) is 47.4 Å². The predicted octanol–water partition coefficient (Wildman–Crippen LogP) is 3.60. The van der Waals surface area contributed by atoms with Crippen LogP contribution in [-0.4, -0.2) is 37.4 Å². The van der Waals surface area contributed by atoms with Crippen molar-refractivity contribution in [2.24, 2.45) is 0 Å². The highest BCUT2D eigenvalue weighted by Gasteiger charge is 2.14. The second kappa shape index (κ2) is 8.27. The molecule has 0 bridgehead atoms. The smallest absolute Gasteiger partial charge is 0.231 e. The van der Waals surface area contributed by atoms with E-state index in [0.717, 1.165) is 34.2 Å². The number of rotatable bonds is 7. The fourth-order valence-corrected chi connectivity index (χ4v) is 3.24. The molecule has 0 saturated carbocycles. The van der Waals surface area contributed by atoms with Crippen LogP contribution in [0.2, 0.25) is 0 Å². The Morgan fingerprint density at radius 1 is 1.20 bits per heavy atom. The fraction of sp³-hybridized carbons (Fsp3) is 0.316. The van der Waals surface area contributed by atoms with E-state index in [0.29, 0.717) is 13.0 Å². The molecule has 0 unspecified atom stereocenters. The standard InChI is InChI=1S/C19H22N2O3S/c1-21(12-14-7-8-16-17(11-14)24-13-23-16)10-9-19(22)20-15-5-3-4-6-18(15)25-2/h3-8,11H,9-10,12-13H2,1-2H3,(H,20,22). The summed E-state index contributed by atoms with van der Waals surface area (Å²) in [5.41, 5.74) is 2.01. The minimum Gasteiger partial charge on any atom is -0.454 e. The van der Waals surface area contributed by atoms with Gasteiger partial charge in [-0.1, -0.05) is 18.2 Å². The summed E-state index contributed by atoms with van der Waals surface area (Å²) in [7, 11) is 2.01. The van der Waals surface area contributed by atoms with E-state index in [1.807, 2.05) is 55.8 Å². The molecule has 1 N–H and O–H groups in total. The van der Waals surface area contributed by atoms with Crippen molar-refractivity contribution in [1.29, 1.82) is 0 Å². The molecule has 0 aromatic heterocycles. The number of carbonyl (C=O) groups excluding carboxylic acids is 1. The molecule has 0 fully saturated rings. The number of hydrogen-bond acceptors (Lipinski definition) is 5. The van der Waals surface area contributed by atoms with Crippen molar-refractivity contribution >= 4 is 23.4 Å². The van der Waals surface area contributed by atoms with Crippen LogP contribution >= 0.6 is 11.8 Å². The van der Waals surface area contributed by atoms with Crippen molar-refractivity contribution in [3.8, 4) is 11.5 Å². The predicted molar refractivity (Wildman–Crippen MR) is 100 cm³/mol. The average Bonchev–Trinajstić information content (AvgIpc) is 3.08. The van der Waals surface area contributed by atoms with Crippen LogP contribution in [0.4, 0.5) is 5.69 Å². The molecule has 25 heavy (non-hydrogen) atoms. The number of benzene rings is 2. The molecule has 2 aromatic rings. The normalized spacial score (nSPS) is 12.4. The molecule has 132 valence electrons. The van der Waals surface area contributed by atoms with E-state index in [-0.39, 0.29) is 12.7 Å². The van der Waals surface area contributed by atoms with E-state index >= 15 is 0 Å². The number of anilines is 1. The van der Waals surface area contributed by atoms with Crippen molar-refractivity contribution in [3.63, 3.8) is 0 Å². The van der Waals surface area contributed by atoms with Gasteiger partial charge in [-0.15, -0.1) is 11.8 Å². The SMILES string of the molecule is CSc1ccccc1NC(=O)CCN(C)Cc1ccc2c(c1)OCO2. The molecule has 0 radical (unpaired) electrons. The summed E-state index contributed by atoms with van der Waals surface area (Å²) < 4.78 is 10.7. The zero-order valence-electron chi connectivity index (χ0n) is 14.5. The van der Waals surface area contributed by atoms with E-state index < -0.39 is 0 Å². The molecular weight excluding hydrogens is 336 g/mol. The molecule has 0 aliphatic carbocycles. The summed E-state index contributed by atoms with van der Waals surface area (Å²) in [6.07, 6.45) is 2.45. The molecule has 0 atom stereocenters. The van der Waals surface area contributed by atoms with Crippen LogP contribution in [0.25, 0.3) is 0 Å². The van der Waals surface area contributed by atoms with Gasteiger partial charge in [0.2, 0.25) is 12.7 Å². The Bertz CT molecular complexity index is 751. The van der Waals surface area contributed by atoms with Crippen LogP contribution < -0.4 is 14.8 Å². The third-order valence-corrected chi connectivity index (χ3v) is 4.79. The van der Waals surface area contributed by atoms with Gasteiger partial charge in [-0.3, -0.25) is 4.79 Å². The Morgan fingerprint density at radius 2 is 2.00 bits per heavy atom. The van der Waals surface area contributed by atoms with E-state index in [1.54, 1.807) is 11.8 Å². The van der Waals surface area contributed by atoms with Crippen LogP contribution in [0, 0.1) is 0 Å². The van der Waals surface area contributed by atoms with Gasteiger partial charge in [0.25, 0.3) is 0 Å². The molecule has 1 heterocycles. The van der Waals surface area contributed by atoms with Gasteiger partial charge in [0.05, 0.1) is 5.69 Å². The van der Waals surface area contributed by atoms with E-state index in [1.165, 1.54) is 0 Å². The first kappa shape index (κ1) is 17.6. The molecule has 0 spiro atoms. The van der Waals surface area contributed by atoms with Gasteiger partial charge < -0.3 is 19.7 Å². The maximum absolute atomic E-state index is 12.2. The number of para-hydroxylation sites is 1. The number of nitrogens with one attached hydrogen (secondary N) is 1. The number of thioether (sulfide) groups is 1. The van der Waals surface area contributed by atoms with E-state index in [2.05, 4.69) is 10.2 Å². The Hall–Kier alpha value is -2.18. The zero-order valence-corrected chi connectivity index (χ0v) is 15.3. The Balaban J connectivity index is 1.48. The maximum Gasteiger partial charge on any atom is 0.231 e. The van der Waals surface area contributed by atoms with Gasteiger partial charge in [-0.25, -0.2) is 0 Å². The molecule has 0 saturated heterocycles. The molecule has 2 aromatic carbocycles. The third-order valence-electron chi connectivity index (χ3n) is 3.99. The highest BCUT2D eigenvalue weighted by atomic mass is 32.2. The van der Waals surface area contributed by atoms with Gasteiger partial charge in [-0.2, -0.15) is 0 Å². The lowest BCUT2D eigenvalue weighted by Gasteiger charge is -2.17. The summed E-state index contributed by atoms with van der Waals surface area (Å²) in [6, 6.07) is 13.8. The quantitative estimate of drug-likeness (QED) is 0.767. The van der Waals surface area contributed by atoms with Gasteiger partial charge in [0.15, 0.2) is 11.5 Å². The topological polar surface area (TPSA) is 50.8 Å². The lowest BCUT2D eigenvalue weighted by atomic mass is 10.2. The first-order valence-electron chi connectivity index (χ1n) is 8.15. The van der Waals surface area contributed by atoms with Crippen LogP contribution in [0.1, 0.15) is 12.0 Å². The maximum atomic E-state index is 12.2. The summed E-state index contributed by atoms with van der Waals surface area (Å²) in [5.74, 6) is 1.61. The number of amides is 1. The molecular formula is C19H22N2O3S. The first-order valence-corrected chi connectivity index (χ1v) is 9.38. The number of ether oxygens (including phenoxy) is 2. The molecule has 1 amide bonds. The summed E-state index contributed by atoms with van der Waals surface area (Å²) in [6.45, 7) is 1.72. The molecule has 1 aliphatic rings. The zero-order chi connectivity index (χ0) is 17.6. The number of fused-ring (bicyclic) bond motifs is 1.